The lowest BCUT2D eigenvalue weighted by molar-refractivity contribution is -0.122. The topological polar surface area (TPSA) is 66.5 Å². The fourth-order valence-electron chi connectivity index (χ4n) is 3.04. The zero-order chi connectivity index (χ0) is 22.4. The molecule has 0 aromatic heterocycles. The molecule has 3 aromatic rings. The predicted molar refractivity (Wildman–Crippen MR) is 126 cm³/mol. The first kappa shape index (κ1) is 23.5. The maximum atomic E-state index is 13.3. The highest BCUT2D eigenvalue weighted by atomic mass is 79.9. The number of nitrogens with zero attached hydrogens (tertiary/aromatic N) is 1. The minimum absolute atomic E-state index is 0.0766. The fraction of sp³-hybridized carbons (Fsp3) is 0.174. The van der Waals surface area contributed by atoms with Crippen LogP contribution in [0, 0.1) is 0 Å². The molecule has 8 heteroatoms. The van der Waals surface area contributed by atoms with E-state index in [4.69, 9.17) is 11.6 Å². The lowest BCUT2D eigenvalue weighted by Crippen LogP contribution is -2.41. The summed E-state index contributed by atoms with van der Waals surface area (Å²) in [5, 5.41) is 3.48. The summed E-state index contributed by atoms with van der Waals surface area (Å²) in [5.41, 5.74) is 1.66. The van der Waals surface area contributed by atoms with Crippen LogP contribution in [0.15, 0.2) is 88.2 Å². The van der Waals surface area contributed by atoms with Crippen molar-refractivity contribution in [3.63, 3.8) is 0 Å². The number of carbonyl (C=O) groups is 1. The van der Waals surface area contributed by atoms with Crippen molar-refractivity contribution >= 4 is 43.5 Å². The van der Waals surface area contributed by atoms with Crippen LogP contribution >= 0.6 is 27.5 Å². The minimum atomic E-state index is -3.87. The number of benzene rings is 3. The average Bonchev–Trinajstić information content (AvgIpc) is 2.75. The molecule has 3 rings (SSSR count). The second kappa shape index (κ2) is 10.4. The molecule has 0 fully saturated rings. The molecule has 0 aliphatic carbocycles. The monoisotopic (exact) mass is 520 g/mol. The van der Waals surface area contributed by atoms with E-state index in [2.05, 4.69) is 21.2 Å². The first-order valence-corrected chi connectivity index (χ1v) is 12.2. The van der Waals surface area contributed by atoms with Gasteiger partial charge in [-0.2, -0.15) is 4.31 Å². The van der Waals surface area contributed by atoms with E-state index in [9.17, 15) is 13.2 Å². The highest BCUT2D eigenvalue weighted by molar-refractivity contribution is 9.10. The van der Waals surface area contributed by atoms with E-state index in [0.717, 1.165) is 15.6 Å². The highest BCUT2D eigenvalue weighted by Crippen LogP contribution is 2.20. The molecule has 0 saturated heterocycles. The molecular formula is C23H22BrClN2O3S. The van der Waals surface area contributed by atoms with Gasteiger partial charge in [-0.1, -0.05) is 70.0 Å². The van der Waals surface area contributed by atoms with Crippen molar-refractivity contribution in [1.29, 1.82) is 0 Å². The number of carbonyl (C=O) groups excluding carboxylic acids is 1. The molecule has 0 aliphatic heterocycles. The summed E-state index contributed by atoms with van der Waals surface area (Å²) in [4.78, 5) is 12.9. The zero-order valence-electron chi connectivity index (χ0n) is 16.8. The Bertz CT molecular complexity index is 1120. The molecule has 0 spiro atoms. The third kappa shape index (κ3) is 6.40. The standard InChI is InChI=1S/C23H22BrClN2O3S/c1-17(19-9-13-21(25)14-10-19)26-23(28)16-27(15-18-7-11-20(24)12-8-18)31(29,30)22-5-3-2-4-6-22/h2-14,17H,15-16H2,1H3,(H,26,28)/t17-/m1/s1. The fourth-order valence-corrected chi connectivity index (χ4v) is 4.84. The van der Waals surface area contributed by atoms with Crippen molar-refractivity contribution in [2.24, 2.45) is 0 Å². The van der Waals surface area contributed by atoms with Crippen LogP contribution in [0.5, 0.6) is 0 Å². The van der Waals surface area contributed by atoms with Crippen molar-refractivity contribution in [3.05, 3.63) is 99.5 Å². The Kier molecular flexibility index (Phi) is 7.89. The Morgan fingerprint density at radius 3 is 2.23 bits per heavy atom. The van der Waals surface area contributed by atoms with Gasteiger partial charge in [0.15, 0.2) is 0 Å². The summed E-state index contributed by atoms with van der Waals surface area (Å²) in [5.74, 6) is -0.390. The molecule has 0 unspecified atom stereocenters. The van der Waals surface area contributed by atoms with Gasteiger partial charge in [0.1, 0.15) is 0 Å². The summed E-state index contributed by atoms with van der Waals surface area (Å²) < 4.78 is 28.6. The molecule has 0 aliphatic rings. The summed E-state index contributed by atoms with van der Waals surface area (Å²) >= 11 is 9.30. The number of hydrogen-bond donors (Lipinski definition) is 1. The minimum Gasteiger partial charge on any atom is -0.348 e. The maximum absolute atomic E-state index is 13.3. The number of hydrogen-bond acceptors (Lipinski definition) is 3. The van der Waals surface area contributed by atoms with Gasteiger partial charge in [-0.25, -0.2) is 8.42 Å². The Balaban J connectivity index is 1.81. The Labute approximate surface area is 196 Å². The zero-order valence-corrected chi connectivity index (χ0v) is 20.0. The normalized spacial score (nSPS) is 12.5. The van der Waals surface area contributed by atoms with E-state index in [-0.39, 0.29) is 29.9 Å². The van der Waals surface area contributed by atoms with E-state index in [1.54, 1.807) is 30.3 Å². The van der Waals surface area contributed by atoms with Gasteiger partial charge in [-0.15, -0.1) is 0 Å². The number of rotatable bonds is 8. The molecule has 0 heterocycles. The van der Waals surface area contributed by atoms with Gasteiger partial charge in [0.2, 0.25) is 15.9 Å². The van der Waals surface area contributed by atoms with Crippen molar-refractivity contribution in [1.82, 2.24) is 9.62 Å². The number of halogens is 2. The number of nitrogens with one attached hydrogen (secondary N) is 1. The Morgan fingerprint density at radius 1 is 1.00 bits per heavy atom. The molecule has 3 aromatic carbocycles. The van der Waals surface area contributed by atoms with Crippen LogP contribution in [0.25, 0.3) is 0 Å². The van der Waals surface area contributed by atoms with Crippen LogP contribution in [-0.2, 0) is 21.4 Å². The van der Waals surface area contributed by atoms with E-state index < -0.39 is 10.0 Å². The Morgan fingerprint density at radius 2 is 1.61 bits per heavy atom. The first-order valence-electron chi connectivity index (χ1n) is 9.60. The Hall–Kier alpha value is -2.19. The molecule has 1 amide bonds. The van der Waals surface area contributed by atoms with Crippen LogP contribution in [0.2, 0.25) is 5.02 Å². The van der Waals surface area contributed by atoms with Gasteiger partial charge in [-0.3, -0.25) is 4.79 Å². The summed E-state index contributed by atoms with van der Waals surface area (Å²) in [7, 11) is -3.87. The van der Waals surface area contributed by atoms with Gasteiger partial charge in [0, 0.05) is 16.0 Å². The van der Waals surface area contributed by atoms with E-state index in [0.29, 0.717) is 5.02 Å². The molecule has 0 bridgehead atoms. The molecule has 31 heavy (non-hydrogen) atoms. The molecule has 1 atom stereocenters. The number of sulfonamides is 1. The molecule has 1 N–H and O–H groups in total. The van der Waals surface area contributed by atoms with Crippen molar-refractivity contribution in [2.75, 3.05) is 6.54 Å². The lowest BCUT2D eigenvalue weighted by Gasteiger charge is -2.23. The summed E-state index contributed by atoms with van der Waals surface area (Å²) in [6.07, 6.45) is 0. The molecule has 0 saturated carbocycles. The highest BCUT2D eigenvalue weighted by Gasteiger charge is 2.27. The van der Waals surface area contributed by atoms with Gasteiger partial charge in [0.05, 0.1) is 17.5 Å². The third-order valence-electron chi connectivity index (χ3n) is 4.72. The van der Waals surface area contributed by atoms with Gasteiger partial charge < -0.3 is 5.32 Å². The van der Waals surface area contributed by atoms with Gasteiger partial charge in [0.25, 0.3) is 0 Å². The molecular weight excluding hydrogens is 500 g/mol. The van der Waals surface area contributed by atoms with Crippen LogP contribution in [0.3, 0.4) is 0 Å². The second-order valence-corrected chi connectivity index (χ2v) is 10.3. The average molecular weight is 522 g/mol. The summed E-state index contributed by atoms with van der Waals surface area (Å²) in [6.45, 7) is 1.62. The van der Waals surface area contributed by atoms with Crippen molar-refractivity contribution < 1.29 is 13.2 Å². The SMILES string of the molecule is C[C@@H](NC(=O)CN(Cc1ccc(Br)cc1)S(=O)(=O)c1ccccc1)c1ccc(Cl)cc1. The maximum Gasteiger partial charge on any atom is 0.243 e. The van der Waals surface area contributed by atoms with E-state index in [1.807, 2.05) is 43.3 Å². The van der Waals surface area contributed by atoms with E-state index in [1.165, 1.54) is 16.4 Å². The molecule has 5 nitrogen and oxygen atoms in total. The lowest BCUT2D eigenvalue weighted by atomic mass is 10.1. The summed E-state index contributed by atoms with van der Waals surface area (Å²) in [6, 6.07) is 22.3. The third-order valence-corrected chi connectivity index (χ3v) is 7.31. The second-order valence-electron chi connectivity index (χ2n) is 7.05. The number of amides is 1. The van der Waals surface area contributed by atoms with Gasteiger partial charge >= 0.3 is 0 Å². The molecule has 162 valence electrons. The first-order chi connectivity index (χ1) is 14.8. The van der Waals surface area contributed by atoms with Crippen molar-refractivity contribution in [3.8, 4) is 0 Å². The van der Waals surface area contributed by atoms with Gasteiger partial charge in [-0.05, 0) is 54.4 Å². The van der Waals surface area contributed by atoms with Crippen LogP contribution in [0.1, 0.15) is 24.1 Å². The van der Waals surface area contributed by atoms with Crippen LogP contribution < -0.4 is 5.32 Å². The van der Waals surface area contributed by atoms with Crippen molar-refractivity contribution in [2.45, 2.75) is 24.4 Å². The van der Waals surface area contributed by atoms with Crippen LogP contribution in [0.4, 0.5) is 0 Å². The largest absolute Gasteiger partial charge is 0.348 e. The predicted octanol–water partition coefficient (Wildman–Crippen LogP) is 5.17. The van der Waals surface area contributed by atoms with Crippen LogP contribution in [-0.4, -0.2) is 25.2 Å². The van der Waals surface area contributed by atoms with E-state index >= 15 is 0 Å². The molecule has 0 radical (unpaired) electrons. The quantitative estimate of drug-likeness (QED) is 0.445. The smallest absolute Gasteiger partial charge is 0.243 e.